The van der Waals surface area contributed by atoms with Crippen LogP contribution in [-0.2, 0) is 0 Å². The first kappa shape index (κ1) is 20.8. The molecule has 1 N–H and O–H groups in total. The number of rotatable bonds is 6. The Bertz CT molecular complexity index is 1270. The average molecular weight is 448 g/mol. The number of carbonyl (C=O) groups excluding carboxylic acids is 2. The maximum Gasteiger partial charge on any atom is 0.267 e. The van der Waals surface area contributed by atoms with Gasteiger partial charge >= 0.3 is 0 Å². The molecular weight excluding hydrogens is 430 g/mol. The fourth-order valence-electron chi connectivity index (χ4n) is 3.05. The quantitative estimate of drug-likeness (QED) is 0.264. The van der Waals surface area contributed by atoms with Crippen molar-refractivity contribution in [1.82, 2.24) is 0 Å². The standard InChI is InChI=1S/C25H18ClNO3S/c1-30-19-13-6-16(7-14-19)8-15-21(28)17-9-11-18(12-10-17)27-25(29)24-23(26)20-4-2-3-5-22(20)31-24/h2-15H,1H3,(H,27,29)/b15-8+. The van der Waals surface area contributed by atoms with Gasteiger partial charge in [-0.25, -0.2) is 0 Å². The van der Waals surface area contributed by atoms with Gasteiger partial charge in [0.25, 0.3) is 5.91 Å². The van der Waals surface area contributed by atoms with Gasteiger partial charge in [-0.1, -0.05) is 48.0 Å². The van der Waals surface area contributed by atoms with Crippen LogP contribution in [-0.4, -0.2) is 18.8 Å². The molecule has 4 aromatic rings. The number of ether oxygens (including phenoxy) is 1. The minimum absolute atomic E-state index is 0.124. The van der Waals surface area contributed by atoms with E-state index in [0.717, 1.165) is 21.4 Å². The first-order chi connectivity index (χ1) is 15.0. The second-order valence-electron chi connectivity index (χ2n) is 6.74. The number of anilines is 1. The molecular formula is C25H18ClNO3S. The maximum absolute atomic E-state index is 12.7. The van der Waals surface area contributed by atoms with E-state index in [4.69, 9.17) is 16.3 Å². The van der Waals surface area contributed by atoms with Crippen LogP contribution < -0.4 is 10.1 Å². The van der Waals surface area contributed by atoms with E-state index in [-0.39, 0.29) is 11.7 Å². The van der Waals surface area contributed by atoms with Crippen molar-refractivity contribution >= 4 is 56.5 Å². The van der Waals surface area contributed by atoms with Crippen molar-refractivity contribution in [3.8, 4) is 5.75 Å². The average Bonchev–Trinajstić information content (AvgIpc) is 3.15. The van der Waals surface area contributed by atoms with Crippen molar-refractivity contribution in [2.24, 2.45) is 0 Å². The second-order valence-corrected chi connectivity index (χ2v) is 8.17. The smallest absolute Gasteiger partial charge is 0.267 e. The van der Waals surface area contributed by atoms with E-state index in [2.05, 4.69) is 5.32 Å². The van der Waals surface area contributed by atoms with Gasteiger partial charge in [0.05, 0.1) is 12.1 Å². The van der Waals surface area contributed by atoms with Crippen molar-refractivity contribution in [2.45, 2.75) is 0 Å². The molecule has 0 saturated carbocycles. The summed E-state index contributed by atoms with van der Waals surface area (Å²) >= 11 is 7.73. The minimum atomic E-state index is -0.273. The fourth-order valence-corrected chi connectivity index (χ4v) is 4.46. The highest BCUT2D eigenvalue weighted by Gasteiger charge is 2.17. The Morgan fingerprint density at radius 3 is 2.35 bits per heavy atom. The molecule has 31 heavy (non-hydrogen) atoms. The van der Waals surface area contributed by atoms with Crippen LogP contribution in [0.3, 0.4) is 0 Å². The number of thiophene rings is 1. The Morgan fingerprint density at radius 2 is 1.68 bits per heavy atom. The summed E-state index contributed by atoms with van der Waals surface area (Å²) in [6.45, 7) is 0. The van der Waals surface area contributed by atoms with E-state index in [0.29, 0.717) is 21.2 Å². The van der Waals surface area contributed by atoms with Crippen LogP contribution >= 0.6 is 22.9 Å². The summed E-state index contributed by atoms with van der Waals surface area (Å²) in [6.07, 6.45) is 3.27. The zero-order valence-corrected chi connectivity index (χ0v) is 18.2. The molecule has 0 aliphatic carbocycles. The van der Waals surface area contributed by atoms with Gasteiger partial charge in [-0.05, 0) is 54.1 Å². The number of allylic oxidation sites excluding steroid dienone is 1. The summed E-state index contributed by atoms with van der Waals surface area (Å²) in [5.74, 6) is 0.365. The first-order valence-corrected chi connectivity index (χ1v) is 10.7. The van der Waals surface area contributed by atoms with Gasteiger partial charge in [0, 0.05) is 21.3 Å². The van der Waals surface area contributed by atoms with Crippen molar-refractivity contribution < 1.29 is 14.3 Å². The predicted octanol–water partition coefficient (Wildman–Crippen LogP) is 6.71. The highest BCUT2D eigenvalue weighted by atomic mass is 35.5. The number of ketones is 1. The number of fused-ring (bicyclic) bond motifs is 1. The number of hydrogen-bond donors (Lipinski definition) is 1. The highest BCUT2D eigenvalue weighted by Crippen LogP contribution is 2.35. The van der Waals surface area contributed by atoms with Crippen LogP contribution in [0.25, 0.3) is 16.2 Å². The molecule has 154 valence electrons. The number of nitrogens with one attached hydrogen (secondary N) is 1. The number of halogens is 1. The zero-order valence-electron chi connectivity index (χ0n) is 16.6. The van der Waals surface area contributed by atoms with Crippen molar-refractivity contribution in [2.75, 3.05) is 12.4 Å². The van der Waals surface area contributed by atoms with Crippen molar-refractivity contribution in [3.05, 3.63) is 99.9 Å². The Labute approximate surface area is 188 Å². The third kappa shape index (κ3) is 4.68. The molecule has 0 unspecified atom stereocenters. The third-order valence-corrected chi connectivity index (χ3v) is 6.39. The molecule has 0 bridgehead atoms. The number of benzene rings is 3. The SMILES string of the molecule is COc1ccc(/C=C/C(=O)c2ccc(NC(=O)c3sc4ccccc4c3Cl)cc2)cc1. The molecule has 4 rings (SSSR count). The molecule has 6 heteroatoms. The van der Waals surface area contributed by atoms with Crippen LogP contribution in [0.5, 0.6) is 5.75 Å². The lowest BCUT2D eigenvalue weighted by Crippen LogP contribution is -2.10. The van der Waals surface area contributed by atoms with E-state index >= 15 is 0 Å². The molecule has 4 nitrogen and oxygen atoms in total. The van der Waals surface area contributed by atoms with E-state index in [1.807, 2.05) is 48.5 Å². The molecule has 0 spiro atoms. The number of amides is 1. The van der Waals surface area contributed by atoms with Crippen molar-refractivity contribution in [3.63, 3.8) is 0 Å². The number of carbonyl (C=O) groups is 2. The lowest BCUT2D eigenvalue weighted by molar-refractivity contribution is 0.102. The third-order valence-electron chi connectivity index (χ3n) is 4.71. The minimum Gasteiger partial charge on any atom is -0.497 e. The van der Waals surface area contributed by atoms with Crippen LogP contribution in [0, 0.1) is 0 Å². The van der Waals surface area contributed by atoms with Gasteiger partial charge in [-0.15, -0.1) is 11.3 Å². The van der Waals surface area contributed by atoms with Gasteiger partial charge in [0.15, 0.2) is 5.78 Å². The molecule has 0 atom stereocenters. The second kappa shape index (κ2) is 9.16. The van der Waals surface area contributed by atoms with E-state index in [1.54, 1.807) is 37.5 Å². The summed E-state index contributed by atoms with van der Waals surface area (Å²) in [7, 11) is 1.61. The lowest BCUT2D eigenvalue weighted by atomic mass is 10.1. The molecule has 0 aliphatic rings. The van der Waals surface area contributed by atoms with Gasteiger partial charge in [-0.3, -0.25) is 9.59 Å². The molecule has 3 aromatic carbocycles. The van der Waals surface area contributed by atoms with Crippen molar-refractivity contribution in [1.29, 1.82) is 0 Å². The molecule has 0 fully saturated rings. The van der Waals surface area contributed by atoms with E-state index in [9.17, 15) is 9.59 Å². The Morgan fingerprint density at radius 1 is 0.968 bits per heavy atom. The monoisotopic (exact) mass is 447 g/mol. The normalized spacial score (nSPS) is 11.0. The zero-order chi connectivity index (χ0) is 21.8. The molecule has 1 aromatic heterocycles. The van der Waals surface area contributed by atoms with E-state index < -0.39 is 0 Å². The summed E-state index contributed by atoms with van der Waals surface area (Å²) in [5.41, 5.74) is 2.02. The maximum atomic E-state index is 12.7. The fraction of sp³-hybridized carbons (Fsp3) is 0.0400. The van der Waals surface area contributed by atoms with Gasteiger partial charge in [0.2, 0.25) is 0 Å². The molecule has 0 radical (unpaired) electrons. The van der Waals surface area contributed by atoms with Gasteiger partial charge < -0.3 is 10.1 Å². The Kier molecular flexibility index (Phi) is 6.16. The van der Waals surface area contributed by atoms with Crippen LogP contribution in [0.4, 0.5) is 5.69 Å². The Balaban J connectivity index is 1.43. The van der Waals surface area contributed by atoms with Crippen LogP contribution in [0.2, 0.25) is 5.02 Å². The number of hydrogen-bond acceptors (Lipinski definition) is 4. The summed E-state index contributed by atoms with van der Waals surface area (Å²) < 4.78 is 6.09. The summed E-state index contributed by atoms with van der Waals surface area (Å²) in [6, 6.07) is 21.8. The summed E-state index contributed by atoms with van der Waals surface area (Å²) in [4.78, 5) is 25.5. The Hall–Kier alpha value is -3.41. The van der Waals surface area contributed by atoms with Gasteiger partial charge in [-0.2, -0.15) is 0 Å². The summed E-state index contributed by atoms with van der Waals surface area (Å²) in [5, 5.41) is 4.16. The molecule has 0 aliphatic heterocycles. The largest absolute Gasteiger partial charge is 0.497 e. The van der Waals surface area contributed by atoms with Crippen LogP contribution in [0.15, 0.2) is 78.9 Å². The molecule has 1 amide bonds. The number of methoxy groups -OCH3 is 1. The first-order valence-electron chi connectivity index (χ1n) is 9.50. The van der Waals surface area contributed by atoms with E-state index in [1.165, 1.54) is 17.4 Å². The topological polar surface area (TPSA) is 55.4 Å². The molecule has 1 heterocycles. The predicted molar refractivity (Wildman–Crippen MR) is 128 cm³/mol. The van der Waals surface area contributed by atoms with Gasteiger partial charge in [0.1, 0.15) is 10.6 Å². The highest BCUT2D eigenvalue weighted by molar-refractivity contribution is 7.21. The molecule has 0 saturated heterocycles. The lowest BCUT2D eigenvalue weighted by Gasteiger charge is -2.05. The van der Waals surface area contributed by atoms with Crippen LogP contribution in [0.1, 0.15) is 25.6 Å².